The maximum absolute atomic E-state index is 11.7. The van der Waals surface area contributed by atoms with E-state index in [1.54, 1.807) is 17.0 Å². The minimum atomic E-state index is -0.540. The Hall–Kier alpha value is -2.04. The lowest BCUT2D eigenvalue weighted by atomic mass is 10.1. The molecular formula is C14H17NO4. The molecule has 0 atom stereocenters. The number of hydrogen-bond donors (Lipinski definition) is 0. The molecule has 5 nitrogen and oxygen atoms in total. The van der Waals surface area contributed by atoms with Crippen LogP contribution in [-0.4, -0.2) is 36.5 Å². The molecule has 0 spiro atoms. The molecule has 0 aliphatic carbocycles. The van der Waals surface area contributed by atoms with Crippen LogP contribution in [0.3, 0.4) is 0 Å². The topological polar surface area (TPSA) is 59.8 Å². The Labute approximate surface area is 111 Å². The molecule has 0 saturated carbocycles. The lowest BCUT2D eigenvalue weighted by Gasteiger charge is -2.26. The lowest BCUT2D eigenvalue weighted by molar-refractivity contribution is -0.148. The van der Waals surface area contributed by atoms with Crippen molar-refractivity contribution in [2.24, 2.45) is 0 Å². The number of nitrogens with zero attached hydrogens (tertiary/aromatic N) is 1. The largest absolute Gasteiger partial charge is 0.465 e. The molecule has 1 aliphatic rings. The third-order valence-corrected chi connectivity index (χ3v) is 2.97. The number of hydrogen-bond acceptors (Lipinski definition) is 4. The van der Waals surface area contributed by atoms with Gasteiger partial charge in [0, 0.05) is 19.2 Å². The number of esters is 1. The minimum absolute atomic E-state index is 0.126. The fourth-order valence-corrected chi connectivity index (χ4v) is 1.95. The molecule has 2 rings (SSSR count). The summed E-state index contributed by atoms with van der Waals surface area (Å²) in [5.41, 5.74) is 0. The van der Waals surface area contributed by atoms with E-state index in [0.29, 0.717) is 5.76 Å². The number of amides is 1. The second-order valence-corrected chi connectivity index (χ2v) is 4.40. The molecule has 1 aliphatic heterocycles. The number of carbonyl (C=O) groups is 2. The molecule has 19 heavy (non-hydrogen) atoms. The average molecular weight is 263 g/mol. The molecular weight excluding hydrogens is 246 g/mol. The van der Waals surface area contributed by atoms with Crippen molar-refractivity contribution in [3.63, 3.8) is 0 Å². The van der Waals surface area contributed by atoms with Gasteiger partial charge >= 0.3 is 5.97 Å². The normalized spacial score (nSPS) is 15.7. The second-order valence-electron chi connectivity index (χ2n) is 4.40. The molecule has 1 aromatic rings. The molecule has 102 valence electrons. The van der Waals surface area contributed by atoms with E-state index in [0.717, 1.165) is 32.4 Å². The number of likely N-dealkylation sites (tertiary alicyclic amines) is 1. The highest BCUT2D eigenvalue weighted by Crippen LogP contribution is 2.08. The second kappa shape index (κ2) is 6.78. The first-order chi connectivity index (χ1) is 9.25. The van der Waals surface area contributed by atoms with E-state index in [-0.39, 0.29) is 12.5 Å². The molecule has 1 aromatic heterocycles. The first-order valence-electron chi connectivity index (χ1n) is 6.42. The molecule has 1 fully saturated rings. The summed E-state index contributed by atoms with van der Waals surface area (Å²) in [4.78, 5) is 24.9. The predicted molar refractivity (Wildman–Crippen MR) is 69.1 cm³/mol. The van der Waals surface area contributed by atoms with Gasteiger partial charge in [-0.3, -0.25) is 4.79 Å². The van der Waals surface area contributed by atoms with Crippen molar-refractivity contribution in [2.45, 2.75) is 19.3 Å². The van der Waals surface area contributed by atoms with E-state index in [4.69, 9.17) is 9.15 Å². The van der Waals surface area contributed by atoms with Gasteiger partial charge < -0.3 is 14.1 Å². The Morgan fingerprint density at radius 1 is 1.32 bits per heavy atom. The standard InChI is InChI=1S/C14H17NO4/c16-13(15-8-2-1-3-9-15)11-19-14(17)7-6-12-5-4-10-18-12/h4-7,10H,1-3,8-9,11H2/b7-6+. The lowest BCUT2D eigenvalue weighted by Crippen LogP contribution is -2.38. The Morgan fingerprint density at radius 3 is 2.79 bits per heavy atom. The van der Waals surface area contributed by atoms with Gasteiger partial charge in [-0.15, -0.1) is 0 Å². The molecule has 0 unspecified atom stereocenters. The summed E-state index contributed by atoms with van der Waals surface area (Å²) in [6.45, 7) is 1.33. The zero-order valence-electron chi connectivity index (χ0n) is 10.7. The van der Waals surface area contributed by atoms with Crippen molar-refractivity contribution in [2.75, 3.05) is 19.7 Å². The van der Waals surface area contributed by atoms with Crippen LogP contribution in [0.4, 0.5) is 0 Å². The summed E-state index contributed by atoms with van der Waals surface area (Å²) in [6.07, 6.45) is 7.49. The Morgan fingerprint density at radius 2 is 2.11 bits per heavy atom. The predicted octanol–water partition coefficient (Wildman–Crippen LogP) is 1.85. The van der Waals surface area contributed by atoms with E-state index in [9.17, 15) is 9.59 Å². The van der Waals surface area contributed by atoms with Gasteiger partial charge in [0.2, 0.25) is 0 Å². The summed E-state index contributed by atoms with van der Waals surface area (Å²) in [5, 5.41) is 0. The average Bonchev–Trinajstić information content (AvgIpc) is 2.96. The van der Waals surface area contributed by atoms with Crippen LogP contribution in [0.5, 0.6) is 0 Å². The number of piperidine rings is 1. The highest BCUT2D eigenvalue weighted by Gasteiger charge is 2.17. The van der Waals surface area contributed by atoms with Gasteiger partial charge in [0.25, 0.3) is 5.91 Å². The minimum Gasteiger partial charge on any atom is -0.465 e. The van der Waals surface area contributed by atoms with Crippen molar-refractivity contribution in [1.82, 2.24) is 4.90 Å². The maximum Gasteiger partial charge on any atom is 0.331 e. The summed E-state index contributed by atoms with van der Waals surface area (Å²) in [7, 11) is 0. The Kier molecular flexibility index (Phi) is 4.78. The Balaban J connectivity index is 1.72. The van der Waals surface area contributed by atoms with Crippen molar-refractivity contribution in [3.8, 4) is 0 Å². The van der Waals surface area contributed by atoms with Crippen LogP contribution in [0.1, 0.15) is 25.0 Å². The first-order valence-corrected chi connectivity index (χ1v) is 6.42. The van der Waals surface area contributed by atoms with Gasteiger partial charge in [-0.1, -0.05) is 0 Å². The van der Waals surface area contributed by atoms with E-state index >= 15 is 0 Å². The van der Waals surface area contributed by atoms with Gasteiger partial charge in [0.15, 0.2) is 6.61 Å². The highest BCUT2D eigenvalue weighted by molar-refractivity contribution is 5.88. The van der Waals surface area contributed by atoms with Crippen molar-refractivity contribution in [1.29, 1.82) is 0 Å². The SMILES string of the molecule is O=C(/C=C/c1ccco1)OCC(=O)N1CCCCC1. The van der Waals surface area contributed by atoms with E-state index < -0.39 is 5.97 Å². The van der Waals surface area contributed by atoms with E-state index in [1.807, 2.05) is 0 Å². The molecule has 0 aromatic carbocycles. The van der Waals surface area contributed by atoms with Crippen LogP contribution in [0.25, 0.3) is 6.08 Å². The van der Waals surface area contributed by atoms with Crippen LogP contribution in [0.2, 0.25) is 0 Å². The first kappa shape index (κ1) is 13.4. The van der Waals surface area contributed by atoms with Gasteiger partial charge in [0.05, 0.1) is 6.26 Å². The molecule has 0 bridgehead atoms. The number of furan rings is 1. The molecule has 5 heteroatoms. The van der Waals surface area contributed by atoms with E-state index in [1.165, 1.54) is 18.4 Å². The third-order valence-electron chi connectivity index (χ3n) is 2.97. The van der Waals surface area contributed by atoms with Gasteiger partial charge in [-0.2, -0.15) is 0 Å². The van der Waals surface area contributed by atoms with Crippen LogP contribution in [0.15, 0.2) is 28.9 Å². The third kappa shape index (κ3) is 4.28. The fraction of sp³-hybridized carbons (Fsp3) is 0.429. The van der Waals surface area contributed by atoms with Crippen molar-refractivity contribution >= 4 is 18.0 Å². The molecule has 1 saturated heterocycles. The number of carbonyl (C=O) groups excluding carboxylic acids is 2. The molecule has 1 amide bonds. The van der Waals surface area contributed by atoms with Gasteiger partial charge in [-0.05, 0) is 37.5 Å². The number of ether oxygens (including phenoxy) is 1. The van der Waals surface area contributed by atoms with Crippen LogP contribution >= 0.6 is 0 Å². The maximum atomic E-state index is 11.7. The zero-order chi connectivity index (χ0) is 13.5. The molecule has 2 heterocycles. The highest BCUT2D eigenvalue weighted by atomic mass is 16.5. The Bertz CT molecular complexity index is 444. The summed E-state index contributed by atoms with van der Waals surface area (Å²) >= 11 is 0. The van der Waals surface area contributed by atoms with Gasteiger partial charge in [0.1, 0.15) is 5.76 Å². The smallest absolute Gasteiger partial charge is 0.331 e. The zero-order valence-corrected chi connectivity index (χ0v) is 10.7. The van der Waals surface area contributed by atoms with Crippen LogP contribution in [0, 0.1) is 0 Å². The van der Waals surface area contributed by atoms with Crippen LogP contribution in [-0.2, 0) is 14.3 Å². The number of rotatable bonds is 4. The van der Waals surface area contributed by atoms with Gasteiger partial charge in [-0.25, -0.2) is 4.79 Å². The van der Waals surface area contributed by atoms with Crippen LogP contribution < -0.4 is 0 Å². The molecule has 0 N–H and O–H groups in total. The van der Waals surface area contributed by atoms with Crippen molar-refractivity contribution < 1.29 is 18.7 Å². The van der Waals surface area contributed by atoms with Crippen molar-refractivity contribution in [3.05, 3.63) is 30.2 Å². The fourth-order valence-electron chi connectivity index (χ4n) is 1.95. The summed E-state index contributed by atoms with van der Waals surface area (Å²) < 4.78 is 9.93. The molecule has 0 radical (unpaired) electrons. The van der Waals surface area contributed by atoms with E-state index in [2.05, 4.69) is 0 Å². The quantitative estimate of drug-likeness (QED) is 0.614. The summed E-state index contributed by atoms with van der Waals surface area (Å²) in [5.74, 6) is -0.0967. The monoisotopic (exact) mass is 263 g/mol. The summed E-state index contributed by atoms with van der Waals surface area (Å²) in [6, 6.07) is 3.45.